The summed E-state index contributed by atoms with van der Waals surface area (Å²) in [6.45, 7) is 0. The molecule has 3 nitrogen and oxygen atoms in total. The van der Waals surface area contributed by atoms with Crippen molar-refractivity contribution in [3.63, 3.8) is 0 Å². The lowest BCUT2D eigenvalue weighted by Gasteiger charge is -2.05. The van der Waals surface area contributed by atoms with Gasteiger partial charge in [0.15, 0.2) is 0 Å². The van der Waals surface area contributed by atoms with Crippen molar-refractivity contribution in [1.82, 2.24) is 9.55 Å². The minimum absolute atomic E-state index is 0.193. The zero-order valence-corrected chi connectivity index (χ0v) is 12.4. The molecule has 0 aliphatic rings. The maximum atomic E-state index is 10.0. The highest BCUT2D eigenvalue weighted by Crippen LogP contribution is 2.33. The zero-order valence-electron chi connectivity index (χ0n) is 10.1. The Bertz CT molecular complexity index is 782. The molecule has 1 N–H and O–H groups in total. The van der Waals surface area contributed by atoms with Gasteiger partial charge in [0.1, 0.15) is 11.6 Å². The van der Waals surface area contributed by atoms with E-state index < -0.39 is 0 Å². The SMILES string of the molecule is Cn1c(-c2ccc(Br)cc2O)nc2cc(Cl)ccc21. The average Bonchev–Trinajstić information content (AvgIpc) is 2.66. The van der Waals surface area contributed by atoms with Crippen LogP contribution in [0.5, 0.6) is 5.75 Å². The lowest BCUT2D eigenvalue weighted by atomic mass is 10.2. The number of phenols is 1. The molecule has 0 unspecified atom stereocenters. The second kappa shape index (κ2) is 4.54. The molecule has 0 radical (unpaired) electrons. The van der Waals surface area contributed by atoms with E-state index in [0.717, 1.165) is 15.5 Å². The lowest BCUT2D eigenvalue weighted by molar-refractivity contribution is 0.476. The van der Waals surface area contributed by atoms with Crippen molar-refractivity contribution in [2.24, 2.45) is 7.05 Å². The Hall–Kier alpha value is -1.52. The van der Waals surface area contributed by atoms with Gasteiger partial charge in [-0.25, -0.2) is 4.98 Å². The predicted molar refractivity (Wildman–Crippen MR) is 80.5 cm³/mol. The standard InChI is InChI=1S/C14H10BrClN2O/c1-18-12-5-3-9(16)7-11(12)17-14(18)10-4-2-8(15)6-13(10)19/h2-7,19H,1H3. The first-order valence-electron chi connectivity index (χ1n) is 5.67. The van der Waals surface area contributed by atoms with Crippen LogP contribution in [0, 0.1) is 0 Å². The smallest absolute Gasteiger partial charge is 0.144 e. The normalized spacial score (nSPS) is 11.1. The molecular formula is C14H10BrClN2O. The van der Waals surface area contributed by atoms with Crippen LogP contribution in [0.25, 0.3) is 22.4 Å². The van der Waals surface area contributed by atoms with Crippen LogP contribution >= 0.6 is 27.5 Å². The molecule has 0 fully saturated rings. The van der Waals surface area contributed by atoms with Crippen molar-refractivity contribution >= 4 is 38.6 Å². The van der Waals surface area contributed by atoms with Gasteiger partial charge >= 0.3 is 0 Å². The van der Waals surface area contributed by atoms with Gasteiger partial charge in [-0.3, -0.25) is 0 Å². The summed E-state index contributed by atoms with van der Waals surface area (Å²) in [5.41, 5.74) is 2.48. The monoisotopic (exact) mass is 336 g/mol. The van der Waals surface area contributed by atoms with Gasteiger partial charge < -0.3 is 9.67 Å². The van der Waals surface area contributed by atoms with E-state index in [0.29, 0.717) is 16.4 Å². The number of halogens is 2. The molecule has 2 aromatic carbocycles. The van der Waals surface area contributed by atoms with Gasteiger partial charge in [-0.1, -0.05) is 27.5 Å². The van der Waals surface area contributed by atoms with Gasteiger partial charge in [0.05, 0.1) is 16.6 Å². The summed E-state index contributed by atoms with van der Waals surface area (Å²) < 4.78 is 2.77. The number of hydrogen-bond donors (Lipinski definition) is 1. The fourth-order valence-corrected chi connectivity index (χ4v) is 2.62. The van der Waals surface area contributed by atoms with Crippen molar-refractivity contribution in [1.29, 1.82) is 0 Å². The van der Waals surface area contributed by atoms with E-state index in [9.17, 15) is 5.11 Å². The van der Waals surface area contributed by atoms with Gasteiger partial charge in [0, 0.05) is 16.5 Å². The minimum atomic E-state index is 0.193. The summed E-state index contributed by atoms with van der Waals surface area (Å²) in [6.07, 6.45) is 0. The van der Waals surface area contributed by atoms with Crippen LogP contribution in [0.2, 0.25) is 5.02 Å². The fraction of sp³-hybridized carbons (Fsp3) is 0.0714. The van der Waals surface area contributed by atoms with Crippen LogP contribution in [0.3, 0.4) is 0 Å². The van der Waals surface area contributed by atoms with Gasteiger partial charge in [-0.15, -0.1) is 0 Å². The Morgan fingerprint density at radius 3 is 2.74 bits per heavy atom. The molecule has 5 heteroatoms. The molecule has 19 heavy (non-hydrogen) atoms. The third-order valence-electron chi connectivity index (χ3n) is 3.04. The van der Waals surface area contributed by atoms with E-state index in [4.69, 9.17) is 11.6 Å². The number of imidazole rings is 1. The first-order chi connectivity index (χ1) is 9.06. The quantitative estimate of drug-likeness (QED) is 0.716. The molecule has 3 rings (SSSR count). The predicted octanol–water partition coefficient (Wildman–Crippen LogP) is 4.36. The van der Waals surface area contributed by atoms with Gasteiger partial charge in [-0.05, 0) is 36.4 Å². The van der Waals surface area contributed by atoms with Crippen LogP contribution in [0.1, 0.15) is 0 Å². The Labute approximate surface area is 123 Å². The van der Waals surface area contributed by atoms with Gasteiger partial charge in [0.25, 0.3) is 0 Å². The first kappa shape index (κ1) is 12.5. The third-order valence-corrected chi connectivity index (χ3v) is 3.77. The molecule has 0 spiro atoms. The Balaban J connectivity index is 2.27. The summed E-state index contributed by atoms with van der Waals surface area (Å²) in [6, 6.07) is 10.9. The number of hydrogen-bond acceptors (Lipinski definition) is 2. The van der Waals surface area contributed by atoms with Crippen molar-refractivity contribution in [3.05, 3.63) is 45.9 Å². The molecule has 0 atom stereocenters. The largest absolute Gasteiger partial charge is 0.507 e. The molecule has 3 aromatic rings. The Kier molecular flexibility index (Phi) is 2.99. The van der Waals surface area contributed by atoms with Crippen molar-refractivity contribution < 1.29 is 5.11 Å². The highest BCUT2D eigenvalue weighted by molar-refractivity contribution is 9.10. The van der Waals surface area contributed by atoms with Crippen LogP contribution in [-0.4, -0.2) is 14.7 Å². The first-order valence-corrected chi connectivity index (χ1v) is 6.84. The van der Waals surface area contributed by atoms with Crippen molar-refractivity contribution in [2.75, 3.05) is 0 Å². The van der Waals surface area contributed by atoms with E-state index in [1.54, 1.807) is 6.07 Å². The van der Waals surface area contributed by atoms with Crippen LogP contribution in [0.4, 0.5) is 0 Å². The zero-order chi connectivity index (χ0) is 13.6. The number of phenolic OH excluding ortho intramolecular Hbond substituents is 1. The van der Waals surface area contributed by atoms with E-state index in [-0.39, 0.29) is 5.75 Å². The summed E-state index contributed by atoms with van der Waals surface area (Å²) in [5.74, 6) is 0.904. The second-order valence-electron chi connectivity index (χ2n) is 4.29. The van der Waals surface area contributed by atoms with Crippen molar-refractivity contribution in [2.45, 2.75) is 0 Å². The number of aromatic hydroxyl groups is 1. The molecule has 1 aromatic heterocycles. The summed E-state index contributed by atoms with van der Waals surface area (Å²) in [5, 5.41) is 10.7. The topological polar surface area (TPSA) is 38.0 Å². The number of nitrogens with zero attached hydrogens (tertiary/aromatic N) is 2. The molecule has 1 heterocycles. The van der Waals surface area contributed by atoms with Gasteiger partial charge in [0.2, 0.25) is 0 Å². The lowest BCUT2D eigenvalue weighted by Crippen LogP contribution is -1.92. The highest BCUT2D eigenvalue weighted by atomic mass is 79.9. The molecular weight excluding hydrogens is 328 g/mol. The Morgan fingerprint density at radius 1 is 1.21 bits per heavy atom. The van der Waals surface area contributed by atoms with Crippen molar-refractivity contribution in [3.8, 4) is 17.1 Å². The van der Waals surface area contributed by atoms with E-state index in [2.05, 4.69) is 20.9 Å². The number of aromatic nitrogens is 2. The highest BCUT2D eigenvalue weighted by Gasteiger charge is 2.13. The maximum Gasteiger partial charge on any atom is 0.144 e. The molecule has 0 bridgehead atoms. The van der Waals surface area contributed by atoms with Gasteiger partial charge in [-0.2, -0.15) is 0 Å². The van der Waals surface area contributed by atoms with Crippen LogP contribution in [-0.2, 0) is 7.05 Å². The fourth-order valence-electron chi connectivity index (χ4n) is 2.11. The number of aryl methyl sites for hydroxylation is 1. The Morgan fingerprint density at radius 2 is 2.00 bits per heavy atom. The molecule has 0 aliphatic carbocycles. The van der Waals surface area contributed by atoms with E-state index in [1.165, 1.54) is 0 Å². The number of rotatable bonds is 1. The van der Waals surface area contributed by atoms with Crippen LogP contribution < -0.4 is 0 Å². The third kappa shape index (κ3) is 2.11. The number of benzene rings is 2. The molecule has 96 valence electrons. The number of fused-ring (bicyclic) bond motifs is 1. The molecule has 0 amide bonds. The van der Waals surface area contributed by atoms with Crippen LogP contribution in [0.15, 0.2) is 40.9 Å². The summed E-state index contributed by atoms with van der Waals surface area (Å²) in [7, 11) is 1.92. The summed E-state index contributed by atoms with van der Waals surface area (Å²) >= 11 is 9.30. The molecule has 0 aliphatic heterocycles. The maximum absolute atomic E-state index is 10.0. The minimum Gasteiger partial charge on any atom is -0.507 e. The second-order valence-corrected chi connectivity index (χ2v) is 5.64. The van der Waals surface area contributed by atoms with E-state index >= 15 is 0 Å². The average molecular weight is 338 g/mol. The molecule has 0 saturated heterocycles. The summed E-state index contributed by atoms with van der Waals surface area (Å²) in [4.78, 5) is 4.54. The molecule has 0 saturated carbocycles. The van der Waals surface area contributed by atoms with E-state index in [1.807, 2.05) is 41.9 Å².